The summed E-state index contributed by atoms with van der Waals surface area (Å²) in [5.74, 6) is 0.589. The minimum absolute atomic E-state index is 0.0892. The minimum Gasteiger partial charge on any atom is -0.507 e. The number of anilines is 1. The van der Waals surface area contributed by atoms with Gasteiger partial charge in [-0.05, 0) is 73.9 Å². The molecule has 0 saturated heterocycles. The maximum atomic E-state index is 13.9. The highest BCUT2D eigenvalue weighted by molar-refractivity contribution is 6.12. The fourth-order valence-electron chi connectivity index (χ4n) is 6.05. The normalized spacial score (nSPS) is 19.7. The lowest BCUT2D eigenvalue weighted by molar-refractivity contribution is -0.118. The number of Topliss-reactive ketones (excluding diaryl/α,β-unsaturated/α-hetero) is 1. The third kappa shape index (κ3) is 4.03. The van der Waals surface area contributed by atoms with Crippen molar-refractivity contribution in [2.45, 2.75) is 85.1 Å². The van der Waals surface area contributed by atoms with Crippen molar-refractivity contribution in [1.29, 1.82) is 0 Å². The zero-order chi connectivity index (χ0) is 26.2. The number of hydrogen-bond donors (Lipinski definition) is 2. The first-order chi connectivity index (χ1) is 16.7. The molecule has 0 radical (unpaired) electrons. The van der Waals surface area contributed by atoms with Crippen molar-refractivity contribution in [2.75, 3.05) is 5.32 Å². The van der Waals surface area contributed by atoms with E-state index >= 15 is 0 Å². The Balaban J connectivity index is 1.81. The molecule has 2 aliphatic rings. The summed E-state index contributed by atoms with van der Waals surface area (Å²) in [6.07, 6.45) is 1.41. The van der Waals surface area contributed by atoms with Gasteiger partial charge in [0.1, 0.15) is 5.75 Å². The summed E-state index contributed by atoms with van der Waals surface area (Å²) in [7, 11) is 0. The number of carbonyl (C=O) groups is 1. The van der Waals surface area contributed by atoms with E-state index in [1.807, 2.05) is 0 Å². The van der Waals surface area contributed by atoms with Gasteiger partial charge in [0.05, 0.1) is 6.04 Å². The van der Waals surface area contributed by atoms with Crippen LogP contribution in [0.5, 0.6) is 5.75 Å². The van der Waals surface area contributed by atoms with Crippen LogP contribution in [-0.2, 0) is 15.6 Å². The van der Waals surface area contributed by atoms with Crippen molar-refractivity contribution in [3.63, 3.8) is 0 Å². The van der Waals surface area contributed by atoms with Gasteiger partial charge in [-0.2, -0.15) is 0 Å². The molecule has 3 heteroatoms. The molecule has 0 amide bonds. The molecule has 0 fully saturated rings. The second kappa shape index (κ2) is 7.96. The van der Waals surface area contributed by atoms with Crippen LogP contribution in [0.1, 0.15) is 96.5 Å². The molecule has 36 heavy (non-hydrogen) atoms. The lowest BCUT2D eigenvalue weighted by Gasteiger charge is -2.41. The fraction of sp³-hybridized carbons (Fsp3) is 0.424. The van der Waals surface area contributed by atoms with E-state index in [9.17, 15) is 9.90 Å². The van der Waals surface area contributed by atoms with Crippen molar-refractivity contribution < 1.29 is 9.90 Å². The molecule has 0 spiro atoms. The quantitative estimate of drug-likeness (QED) is 0.366. The Kier molecular flexibility index (Phi) is 5.45. The van der Waals surface area contributed by atoms with E-state index in [4.69, 9.17) is 0 Å². The first-order valence-corrected chi connectivity index (χ1v) is 13.1. The maximum Gasteiger partial charge on any atom is 0.162 e. The van der Waals surface area contributed by atoms with Crippen LogP contribution < -0.4 is 5.32 Å². The zero-order valence-corrected chi connectivity index (χ0v) is 23.0. The number of benzene rings is 3. The summed E-state index contributed by atoms with van der Waals surface area (Å²) in [4.78, 5) is 13.9. The molecule has 1 atom stereocenters. The number of phenolic OH excluding ortho intramolecular Hbond substituents is 1. The predicted molar refractivity (Wildman–Crippen MR) is 151 cm³/mol. The van der Waals surface area contributed by atoms with E-state index < -0.39 is 0 Å². The largest absolute Gasteiger partial charge is 0.507 e. The van der Waals surface area contributed by atoms with Gasteiger partial charge in [-0.15, -0.1) is 0 Å². The van der Waals surface area contributed by atoms with E-state index in [1.165, 1.54) is 21.9 Å². The highest BCUT2D eigenvalue weighted by Gasteiger charge is 2.41. The highest BCUT2D eigenvalue weighted by Crippen LogP contribution is 2.53. The number of rotatable bonds is 1. The van der Waals surface area contributed by atoms with E-state index in [0.29, 0.717) is 12.2 Å². The topological polar surface area (TPSA) is 49.3 Å². The summed E-state index contributed by atoms with van der Waals surface area (Å²) in [6.45, 7) is 17.2. The van der Waals surface area contributed by atoms with Crippen LogP contribution in [0.25, 0.3) is 16.3 Å². The highest BCUT2D eigenvalue weighted by atomic mass is 16.3. The van der Waals surface area contributed by atoms with E-state index in [0.717, 1.165) is 34.4 Å². The molecule has 0 aromatic heterocycles. The van der Waals surface area contributed by atoms with E-state index in [1.54, 1.807) is 0 Å². The number of allylic oxidation sites excluding steroid dienone is 1. The van der Waals surface area contributed by atoms with Crippen molar-refractivity contribution in [3.8, 4) is 5.75 Å². The van der Waals surface area contributed by atoms with Crippen molar-refractivity contribution >= 4 is 27.8 Å². The Morgan fingerprint density at radius 1 is 0.889 bits per heavy atom. The Labute approximate surface area is 215 Å². The van der Waals surface area contributed by atoms with Gasteiger partial charge in [0.2, 0.25) is 0 Å². The molecule has 3 aromatic carbocycles. The van der Waals surface area contributed by atoms with Crippen LogP contribution >= 0.6 is 0 Å². The SMILES string of the molecule is CC1(C)CC(=O)C2=C(C1)c1c(ccc3ccccc13)N[C@@H]2c1cc(C(C)(C)C)c(O)c(C(C)(C)C)c1. The van der Waals surface area contributed by atoms with Crippen LogP contribution in [0.15, 0.2) is 54.1 Å². The molecule has 0 bridgehead atoms. The molecule has 3 nitrogen and oxygen atoms in total. The fourth-order valence-corrected chi connectivity index (χ4v) is 6.05. The van der Waals surface area contributed by atoms with Crippen LogP contribution in [0, 0.1) is 5.41 Å². The van der Waals surface area contributed by atoms with Crippen LogP contribution in [-0.4, -0.2) is 10.9 Å². The number of hydrogen-bond acceptors (Lipinski definition) is 3. The molecular weight excluding hydrogens is 442 g/mol. The van der Waals surface area contributed by atoms with Gasteiger partial charge in [-0.25, -0.2) is 0 Å². The first-order valence-electron chi connectivity index (χ1n) is 13.1. The smallest absolute Gasteiger partial charge is 0.162 e. The van der Waals surface area contributed by atoms with Crippen LogP contribution in [0.2, 0.25) is 0 Å². The monoisotopic (exact) mass is 481 g/mol. The third-order valence-electron chi connectivity index (χ3n) is 7.82. The lowest BCUT2D eigenvalue weighted by Crippen LogP contribution is -2.33. The first kappa shape index (κ1) is 24.6. The standard InChI is InChI=1S/C33H39NO2/c1-31(2,3)23-15-20(16-24(30(23)36)32(4,5)6)29-28-22(17-33(7,8)18-26(28)35)27-21-12-10-9-11-19(21)13-14-25(27)34-29/h9-16,29,34,36H,17-18H2,1-8H3/t29-/m1/s1. The molecule has 3 aromatic rings. The Morgan fingerprint density at radius 3 is 2.11 bits per heavy atom. The number of nitrogens with one attached hydrogen (secondary N) is 1. The second-order valence-electron chi connectivity index (χ2n) is 13.6. The average Bonchev–Trinajstić information content (AvgIpc) is 2.75. The van der Waals surface area contributed by atoms with Crippen LogP contribution in [0.4, 0.5) is 5.69 Å². The Bertz CT molecular complexity index is 1390. The average molecular weight is 482 g/mol. The minimum atomic E-state index is -0.250. The van der Waals surface area contributed by atoms with Gasteiger partial charge in [0.25, 0.3) is 0 Å². The van der Waals surface area contributed by atoms with Crippen molar-refractivity contribution in [1.82, 2.24) is 0 Å². The molecule has 5 rings (SSSR count). The number of phenols is 1. The van der Waals surface area contributed by atoms with E-state index in [2.05, 4.69) is 109 Å². The van der Waals surface area contributed by atoms with Gasteiger partial charge >= 0.3 is 0 Å². The molecule has 188 valence electrons. The molecule has 1 aliphatic heterocycles. The van der Waals surface area contributed by atoms with Crippen molar-refractivity contribution in [2.24, 2.45) is 5.41 Å². The van der Waals surface area contributed by atoms with Gasteiger partial charge in [0.15, 0.2) is 5.78 Å². The molecule has 1 aliphatic carbocycles. The molecule has 0 unspecified atom stereocenters. The molecular formula is C33H39NO2. The number of fused-ring (bicyclic) bond motifs is 4. The summed E-state index contributed by atoms with van der Waals surface area (Å²) in [5.41, 5.74) is 6.63. The van der Waals surface area contributed by atoms with E-state index in [-0.39, 0.29) is 28.1 Å². The maximum absolute atomic E-state index is 13.9. The second-order valence-corrected chi connectivity index (χ2v) is 13.6. The molecule has 1 heterocycles. The lowest BCUT2D eigenvalue weighted by atomic mass is 9.67. The Morgan fingerprint density at radius 2 is 1.50 bits per heavy atom. The molecule has 2 N–H and O–H groups in total. The van der Waals surface area contributed by atoms with Crippen LogP contribution in [0.3, 0.4) is 0 Å². The third-order valence-corrected chi connectivity index (χ3v) is 7.82. The Hall–Kier alpha value is -3.07. The van der Waals surface area contributed by atoms with Gasteiger partial charge in [-0.1, -0.05) is 85.7 Å². The number of aromatic hydroxyl groups is 1. The summed E-state index contributed by atoms with van der Waals surface area (Å²) in [6, 6.07) is 16.8. The zero-order valence-electron chi connectivity index (χ0n) is 23.0. The summed E-state index contributed by atoms with van der Waals surface area (Å²) in [5, 5.41) is 17.5. The summed E-state index contributed by atoms with van der Waals surface area (Å²) >= 11 is 0. The molecule has 0 saturated carbocycles. The summed E-state index contributed by atoms with van der Waals surface area (Å²) < 4.78 is 0. The number of ketones is 1. The van der Waals surface area contributed by atoms with Gasteiger partial charge in [-0.3, -0.25) is 4.79 Å². The van der Waals surface area contributed by atoms with Crippen molar-refractivity contribution in [3.05, 3.63) is 76.4 Å². The van der Waals surface area contributed by atoms with Gasteiger partial charge in [0, 0.05) is 23.2 Å². The number of carbonyl (C=O) groups excluding carboxylic acids is 1. The predicted octanol–water partition coefficient (Wildman–Crippen LogP) is 8.45. The van der Waals surface area contributed by atoms with Gasteiger partial charge < -0.3 is 10.4 Å².